The Hall–Kier alpha value is -3.85. The van der Waals surface area contributed by atoms with Crippen molar-refractivity contribution in [3.05, 3.63) is 65.0 Å². The van der Waals surface area contributed by atoms with E-state index in [0.29, 0.717) is 64.9 Å². The maximum absolute atomic E-state index is 13.2. The highest BCUT2D eigenvalue weighted by Gasteiger charge is 2.24. The summed E-state index contributed by atoms with van der Waals surface area (Å²) in [4.78, 5) is 34.7. The summed E-state index contributed by atoms with van der Waals surface area (Å²) in [5, 5.41) is 8.56. The summed E-state index contributed by atoms with van der Waals surface area (Å²) >= 11 is 5.98. The van der Waals surface area contributed by atoms with Crippen molar-refractivity contribution in [1.29, 1.82) is 0 Å². The molecule has 4 aromatic rings. The first kappa shape index (κ1) is 22.9. The molecule has 0 saturated carbocycles. The highest BCUT2D eigenvalue weighted by molar-refractivity contribution is 6.30. The number of halogens is 1. The summed E-state index contributed by atoms with van der Waals surface area (Å²) in [6.45, 7) is 4.35. The molecule has 0 radical (unpaired) electrons. The van der Waals surface area contributed by atoms with Crippen molar-refractivity contribution in [3.8, 4) is 11.5 Å². The Labute approximate surface area is 207 Å². The molecule has 5 rings (SSSR count). The number of rotatable bonds is 5. The van der Waals surface area contributed by atoms with Gasteiger partial charge in [0.25, 0.3) is 5.91 Å². The molecule has 0 spiro atoms. The summed E-state index contributed by atoms with van der Waals surface area (Å²) in [5.41, 5.74) is 3.28. The zero-order chi connectivity index (χ0) is 24.5. The van der Waals surface area contributed by atoms with E-state index in [9.17, 15) is 9.59 Å². The van der Waals surface area contributed by atoms with Gasteiger partial charge >= 0.3 is 0 Å². The van der Waals surface area contributed by atoms with Gasteiger partial charge in [0.05, 0.1) is 29.5 Å². The van der Waals surface area contributed by atoms with Crippen LogP contribution in [0.4, 0.5) is 5.69 Å². The van der Waals surface area contributed by atoms with Gasteiger partial charge in [-0.25, -0.2) is 4.98 Å². The summed E-state index contributed by atoms with van der Waals surface area (Å²) in [6, 6.07) is 12.9. The maximum Gasteiger partial charge on any atom is 0.252 e. The minimum atomic E-state index is -0.352. The third kappa shape index (κ3) is 4.59. The van der Waals surface area contributed by atoms with Gasteiger partial charge in [-0.2, -0.15) is 5.10 Å². The van der Waals surface area contributed by atoms with Crippen LogP contribution in [0, 0.1) is 6.92 Å². The fourth-order valence-electron chi connectivity index (χ4n) is 4.40. The van der Waals surface area contributed by atoms with E-state index >= 15 is 0 Å². The average Bonchev–Trinajstić information content (AvgIpc) is 3.51. The van der Waals surface area contributed by atoms with Crippen molar-refractivity contribution in [3.63, 3.8) is 0 Å². The molecule has 4 heterocycles. The number of aromatic nitrogens is 3. The third-order valence-corrected chi connectivity index (χ3v) is 6.46. The van der Waals surface area contributed by atoms with E-state index < -0.39 is 0 Å². The quantitative estimate of drug-likeness (QED) is 0.459. The lowest BCUT2D eigenvalue weighted by Crippen LogP contribution is -2.51. The van der Waals surface area contributed by atoms with Gasteiger partial charge in [-0.15, -0.1) is 0 Å². The van der Waals surface area contributed by atoms with E-state index in [4.69, 9.17) is 16.0 Å². The predicted octanol–water partition coefficient (Wildman–Crippen LogP) is 3.27. The van der Waals surface area contributed by atoms with Crippen LogP contribution in [0.5, 0.6) is 0 Å². The fourth-order valence-corrected chi connectivity index (χ4v) is 4.53. The molecule has 2 amide bonds. The Morgan fingerprint density at radius 3 is 2.54 bits per heavy atom. The molecule has 0 atom stereocenters. The number of benzene rings is 1. The van der Waals surface area contributed by atoms with E-state index in [1.54, 1.807) is 41.1 Å². The summed E-state index contributed by atoms with van der Waals surface area (Å²) in [5.74, 6) is 0.0810. The molecule has 1 aliphatic heterocycles. The van der Waals surface area contributed by atoms with Gasteiger partial charge in [-0.3, -0.25) is 14.3 Å². The number of furan rings is 1. The molecular weight excluding hydrogens is 468 g/mol. The van der Waals surface area contributed by atoms with Gasteiger partial charge in [-0.05, 0) is 49.4 Å². The first-order valence-corrected chi connectivity index (χ1v) is 11.7. The fraction of sp³-hybridized carbons (Fsp3) is 0.280. The first-order chi connectivity index (χ1) is 16.9. The highest BCUT2D eigenvalue weighted by atomic mass is 35.5. The van der Waals surface area contributed by atoms with Crippen LogP contribution in [-0.4, -0.2) is 64.2 Å². The average molecular weight is 493 g/mol. The van der Waals surface area contributed by atoms with Gasteiger partial charge in [0.2, 0.25) is 5.91 Å². The van der Waals surface area contributed by atoms with Gasteiger partial charge in [0.1, 0.15) is 5.69 Å². The summed E-state index contributed by atoms with van der Waals surface area (Å²) in [7, 11) is 1.78. The number of hydrogen-bond acceptors (Lipinski definition) is 6. The lowest BCUT2D eigenvalue weighted by Gasteiger charge is -2.36. The zero-order valence-electron chi connectivity index (χ0n) is 19.5. The van der Waals surface area contributed by atoms with Gasteiger partial charge in [0, 0.05) is 43.9 Å². The summed E-state index contributed by atoms with van der Waals surface area (Å²) < 4.78 is 7.12. The van der Waals surface area contributed by atoms with Crippen molar-refractivity contribution >= 4 is 40.1 Å². The molecule has 1 fully saturated rings. The van der Waals surface area contributed by atoms with Crippen LogP contribution in [0.25, 0.3) is 22.5 Å². The Morgan fingerprint density at radius 2 is 1.86 bits per heavy atom. The molecule has 1 aromatic carbocycles. The largest absolute Gasteiger partial charge is 0.463 e. The topological polar surface area (TPSA) is 96.5 Å². The second-order valence-corrected chi connectivity index (χ2v) is 8.90. The molecule has 1 N–H and O–H groups in total. The van der Waals surface area contributed by atoms with Crippen LogP contribution in [0.1, 0.15) is 16.1 Å². The number of anilines is 1. The smallest absolute Gasteiger partial charge is 0.252 e. The second-order valence-electron chi connectivity index (χ2n) is 8.47. The minimum Gasteiger partial charge on any atom is -0.463 e. The molecule has 1 aliphatic rings. The highest BCUT2D eigenvalue weighted by Crippen LogP contribution is 2.27. The van der Waals surface area contributed by atoms with Crippen molar-refractivity contribution in [2.75, 3.05) is 37.6 Å². The Morgan fingerprint density at radius 1 is 1.11 bits per heavy atom. The lowest BCUT2D eigenvalue weighted by molar-refractivity contribution is -0.130. The summed E-state index contributed by atoms with van der Waals surface area (Å²) in [6.07, 6.45) is 1.56. The number of piperazine rings is 1. The van der Waals surface area contributed by atoms with Crippen LogP contribution in [-0.2, 0) is 11.8 Å². The molecule has 180 valence electrons. The number of aryl methyl sites for hydroxylation is 2. The number of hydrogen-bond donors (Lipinski definition) is 1. The zero-order valence-corrected chi connectivity index (χ0v) is 20.2. The molecule has 0 unspecified atom stereocenters. The van der Waals surface area contributed by atoms with Gasteiger partial charge in [-0.1, -0.05) is 11.6 Å². The predicted molar refractivity (Wildman–Crippen MR) is 134 cm³/mol. The Balaban J connectivity index is 1.27. The molecule has 0 aliphatic carbocycles. The van der Waals surface area contributed by atoms with Crippen LogP contribution in [0.2, 0.25) is 5.02 Å². The van der Waals surface area contributed by atoms with Crippen molar-refractivity contribution in [2.24, 2.45) is 7.05 Å². The van der Waals surface area contributed by atoms with Crippen LogP contribution in [0.15, 0.2) is 53.1 Å². The second kappa shape index (κ2) is 9.42. The minimum absolute atomic E-state index is 0.0843. The lowest BCUT2D eigenvalue weighted by atomic mass is 10.1. The monoisotopic (exact) mass is 492 g/mol. The molecular formula is C25H25ClN6O3. The number of pyridine rings is 1. The van der Waals surface area contributed by atoms with Gasteiger partial charge in [0.15, 0.2) is 11.4 Å². The number of carbonyl (C=O) groups is 2. The van der Waals surface area contributed by atoms with Crippen LogP contribution in [0.3, 0.4) is 0 Å². The standard InChI is InChI=1S/C25H25ClN6O3/c1-16-23-19(14-20(21-4-3-13-35-21)28-24(23)30(2)29-16)25(34)27-15-22(33)32-11-9-31(10-12-32)18-7-5-17(26)6-8-18/h3-8,13-14H,9-12,15H2,1-2H3,(H,27,34). The number of carbonyl (C=O) groups excluding carboxylic acids is 2. The normalized spacial score (nSPS) is 13.9. The molecule has 0 bridgehead atoms. The molecule has 1 saturated heterocycles. The van der Waals surface area contributed by atoms with Crippen LogP contribution < -0.4 is 10.2 Å². The number of nitrogens with one attached hydrogen (secondary N) is 1. The van der Waals surface area contributed by atoms with Crippen molar-refractivity contribution < 1.29 is 14.0 Å². The van der Waals surface area contributed by atoms with Gasteiger partial charge < -0.3 is 19.5 Å². The number of nitrogens with zero attached hydrogens (tertiary/aromatic N) is 5. The Kier molecular flexibility index (Phi) is 6.17. The molecule has 3 aromatic heterocycles. The SMILES string of the molecule is Cc1nn(C)c2nc(-c3ccco3)cc(C(=O)NCC(=O)N3CCN(c4ccc(Cl)cc4)CC3)c12. The van der Waals surface area contributed by atoms with Crippen molar-refractivity contribution in [1.82, 2.24) is 25.0 Å². The van der Waals surface area contributed by atoms with E-state index in [1.165, 1.54) is 0 Å². The molecule has 10 heteroatoms. The maximum atomic E-state index is 13.2. The van der Waals surface area contributed by atoms with Crippen LogP contribution >= 0.6 is 11.6 Å². The Bertz CT molecular complexity index is 1370. The van der Waals surface area contributed by atoms with E-state index in [1.807, 2.05) is 31.2 Å². The molecule has 9 nitrogen and oxygen atoms in total. The number of fused-ring (bicyclic) bond motifs is 1. The van der Waals surface area contributed by atoms with E-state index in [-0.39, 0.29) is 18.4 Å². The van der Waals surface area contributed by atoms with E-state index in [2.05, 4.69) is 20.3 Å². The number of amides is 2. The third-order valence-electron chi connectivity index (χ3n) is 6.21. The van der Waals surface area contributed by atoms with E-state index in [0.717, 1.165) is 5.69 Å². The van der Waals surface area contributed by atoms with Crippen molar-refractivity contribution in [2.45, 2.75) is 6.92 Å². The first-order valence-electron chi connectivity index (χ1n) is 11.4. The molecule has 35 heavy (non-hydrogen) atoms.